The number of rotatable bonds is 5. The Morgan fingerprint density at radius 3 is 2.52 bits per heavy atom. The summed E-state index contributed by atoms with van der Waals surface area (Å²) in [5, 5.41) is 5.10. The van der Waals surface area contributed by atoms with Crippen LogP contribution in [0.2, 0.25) is 10.0 Å². The molecule has 4 rings (SSSR count). The third-order valence-electron chi connectivity index (χ3n) is 4.30. The Balaban J connectivity index is 1.66. The lowest BCUT2D eigenvalue weighted by molar-refractivity contribution is -0.136. The molecule has 1 aliphatic heterocycles. The molecule has 0 spiro atoms. The molecule has 0 saturated heterocycles. The number of oxime groups is 1. The molecule has 6 heteroatoms. The smallest absolute Gasteiger partial charge is 0.368 e. The normalized spacial score (nSPS) is 14.6. The number of hydrogen-bond donors (Lipinski definition) is 0. The minimum Gasteiger partial charge on any atom is -0.488 e. The van der Waals surface area contributed by atoms with Crippen molar-refractivity contribution in [3.8, 4) is 5.75 Å². The number of ether oxygens (including phenoxy) is 1. The molecule has 29 heavy (non-hydrogen) atoms. The fourth-order valence-electron chi connectivity index (χ4n) is 2.92. The van der Waals surface area contributed by atoms with Gasteiger partial charge < -0.3 is 9.57 Å². The molecule has 0 amide bonds. The van der Waals surface area contributed by atoms with Crippen LogP contribution in [0.1, 0.15) is 16.7 Å². The maximum Gasteiger partial charge on any atom is 0.368 e. The van der Waals surface area contributed by atoms with E-state index in [4.69, 9.17) is 32.8 Å². The Labute approximate surface area is 178 Å². The molecule has 3 aromatic carbocycles. The molecular weight excluding hydrogens is 409 g/mol. The van der Waals surface area contributed by atoms with Gasteiger partial charge in [0.25, 0.3) is 0 Å². The van der Waals surface area contributed by atoms with E-state index in [2.05, 4.69) is 5.16 Å². The molecule has 0 N–H and O–H groups in total. The van der Waals surface area contributed by atoms with Crippen LogP contribution in [0.4, 0.5) is 0 Å². The van der Waals surface area contributed by atoms with Crippen LogP contribution in [-0.4, -0.2) is 11.7 Å². The number of hydrogen-bond acceptors (Lipinski definition) is 4. The highest BCUT2D eigenvalue weighted by atomic mass is 35.5. The minimum atomic E-state index is -0.524. The summed E-state index contributed by atoms with van der Waals surface area (Å²) in [5.41, 5.74) is 3.17. The molecular formula is C23H15Cl2NO3. The van der Waals surface area contributed by atoms with Crippen molar-refractivity contribution in [2.75, 3.05) is 0 Å². The first-order valence-corrected chi connectivity index (χ1v) is 9.59. The second-order valence-electron chi connectivity index (χ2n) is 6.34. The van der Waals surface area contributed by atoms with Gasteiger partial charge in [-0.1, -0.05) is 70.8 Å². The van der Waals surface area contributed by atoms with E-state index in [1.165, 1.54) is 0 Å². The van der Waals surface area contributed by atoms with E-state index in [1.54, 1.807) is 30.3 Å². The number of carbonyl (C=O) groups is 1. The van der Waals surface area contributed by atoms with Crippen molar-refractivity contribution in [2.24, 2.45) is 5.16 Å². The van der Waals surface area contributed by atoms with E-state index in [9.17, 15) is 4.79 Å². The van der Waals surface area contributed by atoms with E-state index in [0.717, 1.165) is 11.1 Å². The molecule has 0 atom stereocenters. The summed E-state index contributed by atoms with van der Waals surface area (Å²) in [4.78, 5) is 17.2. The van der Waals surface area contributed by atoms with E-state index in [1.807, 2.05) is 48.5 Å². The summed E-state index contributed by atoms with van der Waals surface area (Å²) in [7, 11) is 0. The Kier molecular flexibility index (Phi) is 5.65. The average Bonchev–Trinajstić information content (AvgIpc) is 3.08. The van der Waals surface area contributed by atoms with Gasteiger partial charge in [-0.3, -0.25) is 0 Å². The van der Waals surface area contributed by atoms with Gasteiger partial charge >= 0.3 is 5.97 Å². The van der Waals surface area contributed by atoms with Crippen LogP contribution in [-0.2, 0) is 16.2 Å². The first-order valence-electron chi connectivity index (χ1n) is 8.84. The van der Waals surface area contributed by atoms with Crippen molar-refractivity contribution < 1.29 is 14.4 Å². The SMILES string of the molecule is O=C1ON=C(c2ccccc2)/C1=C/c1cc(Cl)ccc1OCc1cccc(Cl)c1. The molecule has 0 aromatic heterocycles. The van der Waals surface area contributed by atoms with Crippen LogP contribution in [0.25, 0.3) is 6.08 Å². The van der Waals surface area contributed by atoms with E-state index in [-0.39, 0.29) is 0 Å². The number of carbonyl (C=O) groups excluding carboxylic acids is 1. The van der Waals surface area contributed by atoms with E-state index in [0.29, 0.717) is 39.2 Å². The van der Waals surface area contributed by atoms with Gasteiger partial charge in [-0.25, -0.2) is 4.79 Å². The second-order valence-corrected chi connectivity index (χ2v) is 7.22. The number of benzene rings is 3. The summed E-state index contributed by atoms with van der Waals surface area (Å²) >= 11 is 12.2. The van der Waals surface area contributed by atoms with Crippen LogP contribution in [0.15, 0.2) is 83.5 Å². The zero-order valence-electron chi connectivity index (χ0n) is 15.1. The van der Waals surface area contributed by atoms with Crippen LogP contribution < -0.4 is 4.74 Å². The Bertz CT molecular complexity index is 1120. The average molecular weight is 424 g/mol. The molecule has 0 aliphatic carbocycles. The molecule has 0 bridgehead atoms. The van der Waals surface area contributed by atoms with Crippen LogP contribution in [0.3, 0.4) is 0 Å². The fourth-order valence-corrected chi connectivity index (χ4v) is 3.31. The van der Waals surface area contributed by atoms with Gasteiger partial charge in [0.15, 0.2) is 0 Å². The molecule has 4 nitrogen and oxygen atoms in total. The summed E-state index contributed by atoms with van der Waals surface area (Å²) in [6, 6.07) is 22.0. The minimum absolute atomic E-state index is 0.322. The van der Waals surface area contributed by atoms with Gasteiger partial charge in [-0.05, 0) is 42.0 Å². The molecule has 1 heterocycles. The van der Waals surface area contributed by atoms with Crippen molar-refractivity contribution in [3.63, 3.8) is 0 Å². The zero-order chi connectivity index (χ0) is 20.2. The lowest BCUT2D eigenvalue weighted by Gasteiger charge is -2.11. The highest BCUT2D eigenvalue weighted by Gasteiger charge is 2.27. The van der Waals surface area contributed by atoms with Crippen LogP contribution >= 0.6 is 23.2 Å². The highest BCUT2D eigenvalue weighted by molar-refractivity contribution is 6.32. The van der Waals surface area contributed by atoms with E-state index < -0.39 is 5.97 Å². The van der Waals surface area contributed by atoms with Crippen LogP contribution in [0, 0.1) is 0 Å². The van der Waals surface area contributed by atoms with Crippen molar-refractivity contribution >= 4 is 41.0 Å². The maximum atomic E-state index is 12.3. The Morgan fingerprint density at radius 2 is 1.72 bits per heavy atom. The van der Waals surface area contributed by atoms with E-state index >= 15 is 0 Å². The van der Waals surface area contributed by atoms with Crippen LogP contribution in [0.5, 0.6) is 5.75 Å². The lowest BCUT2D eigenvalue weighted by Crippen LogP contribution is -2.07. The Morgan fingerprint density at radius 1 is 0.931 bits per heavy atom. The Hall–Kier alpha value is -3.08. The standard InChI is InChI=1S/C23H15Cl2NO3/c24-18-8-4-5-15(11-18)14-28-21-10-9-19(25)12-17(21)13-20-22(26-29-23(20)27)16-6-2-1-3-7-16/h1-13H,14H2/b20-13-. The molecule has 1 aliphatic rings. The first-order chi connectivity index (χ1) is 14.1. The molecule has 0 unspecified atom stereocenters. The van der Waals surface area contributed by atoms with Crippen molar-refractivity contribution in [2.45, 2.75) is 6.61 Å². The molecule has 0 radical (unpaired) electrons. The third kappa shape index (κ3) is 4.50. The third-order valence-corrected chi connectivity index (χ3v) is 4.77. The quantitative estimate of drug-likeness (QED) is 0.378. The van der Waals surface area contributed by atoms with Gasteiger partial charge in [0.05, 0.1) is 5.57 Å². The fraction of sp³-hybridized carbons (Fsp3) is 0.0435. The summed E-state index contributed by atoms with van der Waals surface area (Å²) in [5.74, 6) is 0.0543. The summed E-state index contributed by atoms with van der Waals surface area (Å²) < 4.78 is 5.97. The largest absolute Gasteiger partial charge is 0.488 e. The van der Waals surface area contributed by atoms with Crippen molar-refractivity contribution in [1.82, 2.24) is 0 Å². The maximum absolute atomic E-state index is 12.3. The summed E-state index contributed by atoms with van der Waals surface area (Å²) in [6.07, 6.45) is 1.68. The van der Waals surface area contributed by atoms with Crippen molar-refractivity contribution in [3.05, 3.63) is 105 Å². The predicted molar refractivity (Wildman–Crippen MR) is 114 cm³/mol. The molecule has 0 saturated carbocycles. The zero-order valence-corrected chi connectivity index (χ0v) is 16.7. The van der Waals surface area contributed by atoms with Crippen molar-refractivity contribution in [1.29, 1.82) is 0 Å². The number of halogens is 2. The summed E-state index contributed by atoms with van der Waals surface area (Å²) in [6.45, 7) is 0.322. The van der Waals surface area contributed by atoms with Gasteiger partial charge in [0.1, 0.15) is 18.1 Å². The predicted octanol–water partition coefficient (Wildman–Crippen LogP) is 5.92. The van der Waals surface area contributed by atoms with Gasteiger partial charge in [-0.15, -0.1) is 0 Å². The second kappa shape index (κ2) is 8.52. The number of nitrogens with zero attached hydrogens (tertiary/aromatic N) is 1. The van der Waals surface area contributed by atoms with Gasteiger partial charge in [-0.2, -0.15) is 0 Å². The lowest BCUT2D eigenvalue weighted by atomic mass is 10.0. The first kappa shape index (κ1) is 19.2. The molecule has 3 aromatic rings. The molecule has 0 fully saturated rings. The monoisotopic (exact) mass is 423 g/mol. The van der Waals surface area contributed by atoms with Gasteiger partial charge in [0, 0.05) is 21.2 Å². The van der Waals surface area contributed by atoms with Gasteiger partial charge in [0.2, 0.25) is 0 Å². The highest BCUT2D eigenvalue weighted by Crippen LogP contribution is 2.29. The molecule has 144 valence electrons. The topological polar surface area (TPSA) is 47.9 Å².